The Labute approximate surface area is 144 Å². The Kier molecular flexibility index (Phi) is 5.36. The quantitative estimate of drug-likeness (QED) is 0.711. The van der Waals surface area contributed by atoms with Crippen molar-refractivity contribution in [1.82, 2.24) is 20.1 Å². The second-order valence-electron chi connectivity index (χ2n) is 5.46. The first kappa shape index (κ1) is 16.6. The number of carbonyl (C=O) groups is 1. The van der Waals surface area contributed by atoms with Gasteiger partial charge in [0.1, 0.15) is 5.69 Å². The van der Waals surface area contributed by atoms with E-state index < -0.39 is 0 Å². The van der Waals surface area contributed by atoms with Gasteiger partial charge in [0.25, 0.3) is 5.56 Å². The molecule has 1 N–H and O–H groups in total. The lowest BCUT2D eigenvalue weighted by atomic mass is 10.2. The van der Waals surface area contributed by atoms with Gasteiger partial charge in [0, 0.05) is 25.2 Å². The normalized spacial score (nSPS) is 10.6. The molecular formula is C18H18N4O3. The molecule has 1 amide bonds. The van der Waals surface area contributed by atoms with Crippen LogP contribution in [0.5, 0.6) is 0 Å². The minimum Gasteiger partial charge on any atom is -0.463 e. The van der Waals surface area contributed by atoms with Crippen LogP contribution >= 0.6 is 0 Å². The van der Waals surface area contributed by atoms with E-state index in [4.69, 9.17) is 4.42 Å². The summed E-state index contributed by atoms with van der Waals surface area (Å²) in [6.45, 7) is 0.760. The van der Waals surface area contributed by atoms with Crippen LogP contribution in [-0.4, -0.2) is 20.7 Å². The molecule has 0 spiro atoms. The highest BCUT2D eigenvalue weighted by molar-refractivity contribution is 5.75. The third-order valence-corrected chi connectivity index (χ3v) is 3.61. The van der Waals surface area contributed by atoms with Gasteiger partial charge in [-0.25, -0.2) is 4.68 Å². The van der Waals surface area contributed by atoms with E-state index >= 15 is 0 Å². The number of furan rings is 1. The van der Waals surface area contributed by atoms with Crippen molar-refractivity contribution in [3.8, 4) is 11.5 Å². The number of pyridine rings is 1. The zero-order valence-corrected chi connectivity index (χ0v) is 13.6. The first-order chi connectivity index (χ1) is 12.2. The van der Waals surface area contributed by atoms with E-state index in [1.807, 2.05) is 18.2 Å². The van der Waals surface area contributed by atoms with E-state index in [1.54, 1.807) is 30.7 Å². The number of nitrogens with one attached hydrogen (secondary N) is 1. The van der Waals surface area contributed by atoms with Crippen LogP contribution in [0.15, 0.2) is 64.1 Å². The van der Waals surface area contributed by atoms with Gasteiger partial charge in [-0.15, -0.1) is 0 Å². The van der Waals surface area contributed by atoms with E-state index in [-0.39, 0.29) is 11.5 Å². The van der Waals surface area contributed by atoms with Crippen LogP contribution in [0.1, 0.15) is 18.5 Å². The van der Waals surface area contributed by atoms with Crippen LogP contribution < -0.4 is 10.9 Å². The molecule has 128 valence electrons. The minimum absolute atomic E-state index is 0.0825. The summed E-state index contributed by atoms with van der Waals surface area (Å²) in [6, 6.07) is 12.2. The van der Waals surface area contributed by atoms with Gasteiger partial charge in [0.2, 0.25) is 5.91 Å². The fraction of sp³-hybridized carbons (Fsp3) is 0.222. The summed E-state index contributed by atoms with van der Waals surface area (Å²) >= 11 is 0. The van der Waals surface area contributed by atoms with Crippen molar-refractivity contribution in [3.63, 3.8) is 0 Å². The molecule has 0 unspecified atom stereocenters. The lowest BCUT2D eigenvalue weighted by Gasteiger charge is -2.07. The molecule has 3 aromatic heterocycles. The lowest BCUT2D eigenvalue weighted by Crippen LogP contribution is -2.25. The van der Waals surface area contributed by atoms with Gasteiger partial charge >= 0.3 is 0 Å². The second kappa shape index (κ2) is 8.05. The van der Waals surface area contributed by atoms with Gasteiger partial charge in [-0.05, 0) is 36.8 Å². The average molecular weight is 338 g/mol. The molecule has 3 aromatic rings. The number of aromatic nitrogens is 3. The highest BCUT2D eigenvalue weighted by Crippen LogP contribution is 2.15. The number of nitrogens with zero attached hydrogens (tertiary/aromatic N) is 3. The number of rotatable bonds is 7. The van der Waals surface area contributed by atoms with Gasteiger partial charge in [0.15, 0.2) is 5.76 Å². The number of hydrogen-bond acceptors (Lipinski definition) is 5. The van der Waals surface area contributed by atoms with Crippen LogP contribution in [0.4, 0.5) is 0 Å². The first-order valence-electron chi connectivity index (χ1n) is 8.01. The number of amides is 1. The topological polar surface area (TPSA) is 90.0 Å². The molecule has 0 fully saturated rings. The van der Waals surface area contributed by atoms with Crippen LogP contribution in [0.25, 0.3) is 11.5 Å². The van der Waals surface area contributed by atoms with Gasteiger partial charge < -0.3 is 9.73 Å². The maximum Gasteiger partial charge on any atom is 0.266 e. The molecule has 0 radical (unpaired) electrons. The van der Waals surface area contributed by atoms with Crippen molar-refractivity contribution in [3.05, 3.63) is 71.0 Å². The van der Waals surface area contributed by atoms with Crippen LogP contribution in [0.3, 0.4) is 0 Å². The standard InChI is InChI=1S/C18H18N4O3/c23-17(20-13-14-5-1-2-10-19-14)7-3-11-22-18(24)9-8-15(21-22)16-6-4-12-25-16/h1-2,4-6,8-10,12H,3,7,11,13H2,(H,20,23). The molecule has 3 heterocycles. The molecule has 0 aromatic carbocycles. The van der Waals surface area contributed by atoms with Crippen molar-refractivity contribution < 1.29 is 9.21 Å². The molecule has 0 aliphatic carbocycles. The van der Waals surface area contributed by atoms with E-state index in [0.717, 1.165) is 5.69 Å². The fourth-order valence-electron chi connectivity index (χ4n) is 2.33. The summed E-state index contributed by atoms with van der Waals surface area (Å²) in [6.07, 6.45) is 4.07. The Bertz CT molecular complexity index is 873. The van der Waals surface area contributed by atoms with E-state index in [1.165, 1.54) is 10.7 Å². The summed E-state index contributed by atoms with van der Waals surface area (Å²) in [5, 5.41) is 7.08. The Morgan fingerprint density at radius 3 is 2.84 bits per heavy atom. The van der Waals surface area contributed by atoms with E-state index in [9.17, 15) is 9.59 Å². The molecule has 3 rings (SSSR count). The molecule has 7 nitrogen and oxygen atoms in total. The van der Waals surface area contributed by atoms with Gasteiger partial charge in [0.05, 0.1) is 18.5 Å². The van der Waals surface area contributed by atoms with Crippen molar-refractivity contribution in [2.45, 2.75) is 25.9 Å². The third kappa shape index (κ3) is 4.63. The lowest BCUT2D eigenvalue weighted by molar-refractivity contribution is -0.121. The van der Waals surface area contributed by atoms with Gasteiger partial charge in [-0.3, -0.25) is 14.6 Å². The molecule has 0 bridgehead atoms. The Balaban J connectivity index is 1.51. The zero-order valence-electron chi connectivity index (χ0n) is 13.6. The summed E-state index contributed by atoms with van der Waals surface area (Å²) in [7, 11) is 0. The van der Waals surface area contributed by atoms with Crippen molar-refractivity contribution in [2.75, 3.05) is 0 Å². The zero-order chi connectivity index (χ0) is 17.5. The first-order valence-corrected chi connectivity index (χ1v) is 8.01. The predicted octanol–water partition coefficient (Wildman–Crippen LogP) is 1.99. The fourth-order valence-corrected chi connectivity index (χ4v) is 2.33. The van der Waals surface area contributed by atoms with E-state index in [0.29, 0.717) is 37.4 Å². The summed E-state index contributed by atoms with van der Waals surface area (Å²) in [4.78, 5) is 27.9. The minimum atomic E-state index is -0.204. The third-order valence-electron chi connectivity index (χ3n) is 3.61. The molecule has 7 heteroatoms. The summed E-state index contributed by atoms with van der Waals surface area (Å²) in [5.41, 5.74) is 1.19. The van der Waals surface area contributed by atoms with Crippen molar-refractivity contribution >= 4 is 5.91 Å². The molecular weight excluding hydrogens is 320 g/mol. The van der Waals surface area contributed by atoms with Gasteiger partial charge in [-0.2, -0.15) is 5.10 Å². The maximum absolute atomic E-state index is 11.9. The van der Waals surface area contributed by atoms with Gasteiger partial charge in [-0.1, -0.05) is 6.07 Å². The molecule has 0 aliphatic heterocycles. The van der Waals surface area contributed by atoms with Crippen molar-refractivity contribution in [2.24, 2.45) is 0 Å². The molecule has 0 saturated carbocycles. The molecule has 0 aliphatic rings. The van der Waals surface area contributed by atoms with Crippen LogP contribution in [0, 0.1) is 0 Å². The number of carbonyl (C=O) groups excluding carboxylic acids is 1. The monoisotopic (exact) mass is 338 g/mol. The average Bonchev–Trinajstić information content (AvgIpc) is 3.17. The predicted molar refractivity (Wildman–Crippen MR) is 91.5 cm³/mol. The number of hydrogen-bond donors (Lipinski definition) is 1. The van der Waals surface area contributed by atoms with Crippen LogP contribution in [0.2, 0.25) is 0 Å². The Hall–Kier alpha value is -3.22. The SMILES string of the molecule is O=C(CCCn1nc(-c2ccco2)ccc1=O)NCc1ccccn1. The number of aryl methyl sites for hydroxylation is 1. The van der Waals surface area contributed by atoms with Crippen LogP contribution in [-0.2, 0) is 17.9 Å². The second-order valence-corrected chi connectivity index (χ2v) is 5.46. The Morgan fingerprint density at radius 2 is 2.08 bits per heavy atom. The summed E-state index contributed by atoms with van der Waals surface area (Å²) in [5.74, 6) is 0.516. The Morgan fingerprint density at radius 1 is 1.16 bits per heavy atom. The largest absolute Gasteiger partial charge is 0.463 e. The van der Waals surface area contributed by atoms with Crippen molar-refractivity contribution in [1.29, 1.82) is 0 Å². The highest BCUT2D eigenvalue weighted by atomic mass is 16.3. The highest BCUT2D eigenvalue weighted by Gasteiger charge is 2.07. The smallest absolute Gasteiger partial charge is 0.266 e. The molecule has 0 saturated heterocycles. The molecule has 25 heavy (non-hydrogen) atoms. The summed E-state index contributed by atoms with van der Waals surface area (Å²) < 4.78 is 6.63. The van der Waals surface area contributed by atoms with E-state index in [2.05, 4.69) is 15.4 Å². The maximum atomic E-state index is 11.9. The molecule has 0 atom stereocenters.